The SMILES string of the molecule is CC(=O)CNC[C@@H]1CN(C(=O)OC(C)(C)C)CCO[C@H]1c1ccc(Cl)c(Cl)c1. The first-order chi connectivity index (χ1) is 13.1. The zero-order valence-corrected chi connectivity index (χ0v) is 18.3. The quantitative estimate of drug-likeness (QED) is 0.761. The summed E-state index contributed by atoms with van der Waals surface area (Å²) in [6, 6.07) is 5.40. The summed E-state index contributed by atoms with van der Waals surface area (Å²) < 4.78 is 11.6. The molecule has 1 amide bonds. The molecule has 0 saturated carbocycles. The molecule has 0 aliphatic carbocycles. The Balaban J connectivity index is 2.21. The van der Waals surface area contributed by atoms with E-state index in [0.29, 0.717) is 36.3 Å². The Hall–Kier alpha value is -1.34. The third-order valence-corrected chi connectivity index (χ3v) is 4.99. The van der Waals surface area contributed by atoms with Crippen LogP contribution in [-0.4, -0.2) is 55.2 Å². The number of carbonyl (C=O) groups excluding carboxylic acids is 2. The van der Waals surface area contributed by atoms with E-state index in [4.69, 9.17) is 32.7 Å². The molecule has 8 heteroatoms. The Morgan fingerprint density at radius 2 is 2.00 bits per heavy atom. The number of hydrogen-bond donors (Lipinski definition) is 1. The first kappa shape index (κ1) is 22.9. The van der Waals surface area contributed by atoms with E-state index >= 15 is 0 Å². The molecule has 2 rings (SSSR count). The van der Waals surface area contributed by atoms with Crippen molar-refractivity contribution in [1.82, 2.24) is 10.2 Å². The van der Waals surface area contributed by atoms with Crippen molar-refractivity contribution in [2.75, 3.05) is 32.8 Å². The largest absolute Gasteiger partial charge is 0.444 e. The van der Waals surface area contributed by atoms with Crippen LogP contribution >= 0.6 is 23.2 Å². The lowest BCUT2D eigenvalue weighted by Crippen LogP contribution is -2.42. The van der Waals surface area contributed by atoms with Gasteiger partial charge < -0.3 is 19.7 Å². The molecule has 1 fully saturated rings. The van der Waals surface area contributed by atoms with Gasteiger partial charge >= 0.3 is 6.09 Å². The van der Waals surface area contributed by atoms with Gasteiger partial charge in [0, 0.05) is 25.6 Å². The van der Waals surface area contributed by atoms with E-state index < -0.39 is 5.60 Å². The number of rotatable bonds is 5. The van der Waals surface area contributed by atoms with Crippen molar-refractivity contribution in [2.24, 2.45) is 5.92 Å². The van der Waals surface area contributed by atoms with Gasteiger partial charge in [0.1, 0.15) is 11.4 Å². The second-order valence-electron chi connectivity index (χ2n) is 7.98. The number of halogens is 2. The molecule has 1 aliphatic heterocycles. The fourth-order valence-electron chi connectivity index (χ4n) is 3.05. The predicted octanol–water partition coefficient (Wildman–Crippen LogP) is 4.10. The highest BCUT2D eigenvalue weighted by Gasteiger charge is 2.33. The molecule has 1 aromatic carbocycles. The van der Waals surface area contributed by atoms with E-state index in [2.05, 4.69) is 5.32 Å². The number of ether oxygens (including phenoxy) is 2. The maximum atomic E-state index is 12.6. The molecule has 0 spiro atoms. The minimum absolute atomic E-state index is 0.0460. The van der Waals surface area contributed by atoms with E-state index in [1.165, 1.54) is 6.92 Å². The van der Waals surface area contributed by atoms with Crippen LogP contribution in [0.5, 0.6) is 0 Å². The number of nitrogens with one attached hydrogen (secondary N) is 1. The summed E-state index contributed by atoms with van der Waals surface area (Å²) in [5, 5.41) is 4.07. The van der Waals surface area contributed by atoms with Crippen molar-refractivity contribution in [1.29, 1.82) is 0 Å². The molecule has 1 heterocycles. The van der Waals surface area contributed by atoms with Gasteiger partial charge in [0.25, 0.3) is 0 Å². The number of amides is 1. The van der Waals surface area contributed by atoms with Crippen LogP contribution in [0, 0.1) is 5.92 Å². The van der Waals surface area contributed by atoms with Crippen LogP contribution in [0.4, 0.5) is 4.79 Å². The van der Waals surface area contributed by atoms with Crippen LogP contribution in [0.15, 0.2) is 18.2 Å². The smallest absolute Gasteiger partial charge is 0.410 e. The Morgan fingerprint density at radius 1 is 1.29 bits per heavy atom. The zero-order chi connectivity index (χ0) is 20.9. The summed E-state index contributed by atoms with van der Waals surface area (Å²) in [6.45, 7) is 9.03. The number of nitrogens with zero attached hydrogens (tertiary/aromatic N) is 1. The summed E-state index contributed by atoms with van der Waals surface area (Å²) >= 11 is 12.2. The van der Waals surface area contributed by atoms with Crippen molar-refractivity contribution < 1.29 is 19.1 Å². The van der Waals surface area contributed by atoms with Gasteiger partial charge in [-0.2, -0.15) is 0 Å². The summed E-state index contributed by atoms with van der Waals surface area (Å²) in [5.41, 5.74) is 0.311. The monoisotopic (exact) mass is 430 g/mol. The molecule has 28 heavy (non-hydrogen) atoms. The molecular formula is C20H28Cl2N2O4. The van der Waals surface area contributed by atoms with Crippen molar-refractivity contribution >= 4 is 35.1 Å². The third kappa shape index (κ3) is 6.92. The van der Waals surface area contributed by atoms with E-state index in [9.17, 15) is 9.59 Å². The Bertz CT molecular complexity index is 706. The van der Waals surface area contributed by atoms with Crippen molar-refractivity contribution in [2.45, 2.75) is 39.4 Å². The molecule has 0 radical (unpaired) electrons. The fraction of sp³-hybridized carbons (Fsp3) is 0.600. The second-order valence-corrected chi connectivity index (χ2v) is 8.80. The Labute approximate surface area is 176 Å². The molecular weight excluding hydrogens is 403 g/mol. The predicted molar refractivity (Wildman–Crippen MR) is 110 cm³/mol. The molecule has 2 atom stereocenters. The highest BCUT2D eigenvalue weighted by molar-refractivity contribution is 6.42. The van der Waals surface area contributed by atoms with Crippen molar-refractivity contribution in [3.8, 4) is 0 Å². The lowest BCUT2D eigenvalue weighted by Gasteiger charge is -2.30. The number of carbonyl (C=O) groups is 2. The van der Waals surface area contributed by atoms with Gasteiger partial charge in [0.2, 0.25) is 0 Å². The van der Waals surface area contributed by atoms with Crippen LogP contribution in [0.25, 0.3) is 0 Å². The maximum absolute atomic E-state index is 12.6. The normalized spacial score (nSPS) is 20.6. The Kier molecular flexibility index (Phi) is 8.13. The maximum Gasteiger partial charge on any atom is 0.410 e. The topological polar surface area (TPSA) is 67.9 Å². The molecule has 0 bridgehead atoms. The highest BCUT2D eigenvalue weighted by atomic mass is 35.5. The average molecular weight is 431 g/mol. The minimum atomic E-state index is -0.574. The molecule has 1 aromatic rings. The zero-order valence-electron chi connectivity index (χ0n) is 16.8. The first-order valence-electron chi connectivity index (χ1n) is 9.31. The average Bonchev–Trinajstić information content (AvgIpc) is 2.78. The van der Waals surface area contributed by atoms with Crippen LogP contribution in [0.2, 0.25) is 10.0 Å². The van der Waals surface area contributed by atoms with E-state index in [1.54, 1.807) is 17.0 Å². The number of hydrogen-bond acceptors (Lipinski definition) is 5. The summed E-state index contributed by atoms with van der Waals surface area (Å²) in [6.07, 6.45) is -0.663. The highest BCUT2D eigenvalue weighted by Crippen LogP contribution is 2.33. The molecule has 0 unspecified atom stereocenters. The van der Waals surface area contributed by atoms with Gasteiger partial charge in [-0.1, -0.05) is 29.3 Å². The third-order valence-electron chi connectivity index (χ3n) is 4.25. The second kappa shape index (κ2) is 9.92. The Morgan fingerprint density at radius 3 is 2.61 bits per heavy atom. The molecule has 6 nitrogen and oxygen atoms in total. The van der Waals surface area contributed by atoms with Crippen LogP contribution in [-0.2, 0) is 14.3 Å². The van der Waals surface area contributed by atoms with Gasteiger partial charge in [0.15, 0.2) is 0 Å². The van der Waals surface area contributed by atoms with Gasteiger partial charge in [-0.25, -0.2) is 4.79 Å². The molecule has 1 saturated heterocycles. The van der Waals surface area contributed by atoms with Crippen LogP contribution < -0.4 is 5.32 Å². The van der Waals surface area contributed by atoms with E-state index in [-0.39, 0.29) is 30.4 Å². The molecule has 1 N–H and O–H groups in total. The summed E-state index contributed by atoms with van der Waals surface area (Å²) in [4.78, 5) is 25.5. The first-order valence-corrected chi connectivity index (χ1v) is 10.1. The lowest BCUT2D eigenvalue weighted by molar-refractivity contribution is -0.116. The molecule has 0 aromatic heterocycles. The van der Waals surface area contributed by atoms with Gasteiger partial charge in [-0.3, -0.25) is 4.79 Å². The lowest BCUT2D eigenvalue weighted by atomic mass is 9.95. The summed E-state index contributed by atoms with van der Waals surface area (Å²) in [7, 11) is 0. The van der Waals surface area contributed by atoms with E-state index in [0.717, 1.165) is 5.56 Å². The fourth-order valence-corrected chi connectivity index (χ4v) is 3.36. The van der Waals surface area contributed by atoms with Gasteiger partial charge in [0.05, 0.1) is 29.3 Å². The van der Waals surface area contributed by atoms with Gasteiger partial charge in [-0.05, 0) is 45.4 Å². The molecule has 1 aliphatic rings. The van der Waals surface area contributed by atoms with E-state index in [1.807, 2.05) is 26.8 Å². The summed E-state index contributed by atoms with van der Waals surface area (Å²) in [5.74, 6) is -0.0452. The van der Waals surface area contributed by atoms with Gasteiger partial charge in [-0.15, -0.1) is 0 Å². The minimum Gasteiger partial charge on any atom is -0.444 e. The van der Waals surface area contributed by atoms with Crippen LogP contribution in [0.1, 0.15) is 39.4 Å². The number of benzene rings is 1. The number of Topliss-reactive ketones (excluding diaryl/α,β-unsaturated/α-hetero) is 1. The van der Waals surface area contributed by atoms with Crippen LogP contribution in [0.3, 0.4) is 0 Å². The standard InChI is InChI=1S/C20H28Cl2N2O4/c1-13(25)10-23-11-15-12-24(19(26)28-20(2,3)4)7-8-27-18(15)14-5-6-16(21)17(22)9-14/h5-6,9,15,18,23H,7-8,10-12H2,1-4H3/t15-,18+/m1/s1. The number of ketones is 1. The molecule has 156 valence electrons. The van der Waals surface area contributed by atoms with Crippen molar-refractivity contribution in [3.63, 3.8) is 0 Å². The van der Waals surface area contributed by atoms with Crippen molar-refractivity contribution in [3.05, 3.63) is 33.8 Å².